The first-order valence-corrected chi connectivity index (χ1v) is 5.96. The summed E-state index contributed by atoms with van der Waals surface area (Å²) < 4.78 is 0. The summed E-state index contributed by atoms with van der Waals surface area (Å²) in [6.45, 7) is 0.568. The van der Waals surface area contributed by atoms with E-state index in [1.165, 1.54) is 0 Å². The Bertz CT molecular complexity index is 484. The van der Waals surface area contributed by atoms with Gasteiger partial charge in [-0.25, -0.2) is 0 Å². The fraction of sp³-hybridized carbons (Fsp3) is 0.385. The molecule has 1 fully saturated rings. The number of aryl methyl sites for hydroxylation is 1. The van der Waals surface area contributed by atoms with Crippen molar-refractivity contribution in [3.63, 3.8) is 0 Å². The maximum atomic E-state index is 12.0. The number of hydrogen-bond acceptors (Lipinski definition) is 2. The first kappa shape index (κ1) is 10.3. The van der Waals surface area contributed by atoms with Crippen molar-refractivity contribution in [2.75, 3.05) is 11.4 Å². The van der Waals surface area contributed by atoms with E-state index in [0.29, 0.717) is 6.54 Å². The Morgan fingerprint density at radius 1 is 1.24 bits per heavy atom. The lowest BCUT2D eigenvalue weighted by molar-refractivity contribution is -0.139. The molecule has 1 N–H and O–H groups in total. The van der Waals surface area contributed by atoms with Crippen LogP contribution in [0.25, 0.3) is 0 Å². The fourth-order valence-corrected chi connectivity index (χ4v) is 2.68. The third-order valence-electron chi connectivity index (χ3n) is 3.51. The van der Waals surface area contributed by atoms with Crippen molar-refractivity contribution >= 4 is 17.5 Å². The molecular formula is C13H14N2O2. The quantitative estimate of drug-likeness (QED) is 0.672. The molecule has 1 aromatic rings. The topological polar surface area (TPSA) is 49.4 Å². The third-order valence-corrected chi connectivity index (χ3v) is 3.51. The number of piperazine rings is 1. The second-order valence-electron chi connectivity index (χ2n) is 4.56. The van der Waals surface area contributed by atoms with E-state index in [9.17, 15) is 9.59 Å². The van der Waals surface area contributed by atoms with Gasteiger partial charge in [-0.3, -0.25) is 14.5 Å². The molecule has 4 nitrogen and oxygen atoms in total. The number of anilines is 1. The largest absolute Gasteiger partial charge is 0.346 e. The van der Waals surface area contributed by atoms with E-state index >= 15 is 0 Å². The van der Waals surface area contributed by atoms with Gasteiger partial charge >= 0.3 is 11.8 Å². The van der Waals surface area contributed by atoms with Gasteiger partial charge in [0.05, 0.1) is 6.04 Å². The van der Waals surface area contributed by atoms with Crippen LogP contribution < -0.4 is 10.2 Å². The van der Waals surface area contributed by atoms with Crippen LogP contribution in [0.4, 0.5) is 5.69 Å². The van der Waals surface area contributed by atoms with E-state index in [4.69, 9.17) is 0 Å². The molecule has 1 atom stereocenters. The summed E-state index contributed by atoms with van der Waals surface area (Å²) in [6.07, 6.45) is 2.98. The normalized spacial score (nSPS) is 23.5. The molecule has 0 aliphatic carbocycles. The molecule has 2 heterocycles. The summed E-state index contributed by atoms with van der Waals surface area (Å²) in [6, 6.07) is 7.99. The predicted molar refractivity (Wildman–Crippen MR) is 63.7 cm³/mol. The minimum atomic E-state index is -0.488. The van der Waals surface area contributed by atoms with E-state index in [2.05, 4.69) is 5.32 Å². The lowest BCUT2D eigenvalue weighted by atomic mass is 10.1. The van der Waals surface area contributed by atoms with Crippen LogP contribution in [-0.2, 0) is 16.0 Å². The molecule has 0 bridgehead atoms. The monoisotopic (exact) mass is 230 g/mol. The maximum absolute atomic E-state index is 12.0. The van der Waals surface area contributed by atoms with E-state index < -0.39 is 11.8 Å². The van der Waals surface area contributed by atoms with Gasteiger partial charge in [0.1, 0.15) is 0 Å². The minimum absolute atomic E-state index is 0.115. The van der Waals surface area contributed by atoms with Crippen LogP contribution in [0.2, 0.25) is 0 Å². The summed E-state index contributed by atoms with van der Waals surface area (Å²) in [5.74, 6) is -0.909. The molecule has 0 unspecified atom stereocenters. The molecule has 88 valence electrons. The number of rotatable bonds is 0. The Morgan fingerprint density at radius 3 is 2.94 bits per heavy atom. The number of nitrogens with zero attached hydrogens (tertiary/aromatic N) is 1. The van der Waals surface area contributed by atoms with Gasteiger partial charge < -0.3 is 5.32 Å². The summed E-state index contributed by atoms with van der Waals surface area (Å²) in [5, 5.41) is 2.66. The van der Waals surface area contributed by atoms with E-state index in [1.54, 1.807) is 4.90 Å². The lowest BCUT2D eigenvalue weighted by Gasteiger charge is -2.34. The van der Waals surface area contributed by atoms with Crippen LogP contribution in [-0.4, -0.2) is 24.4 Å². The number of hydrogen-bond donors (Lipinski definition) is 1. The van der Waals surface area contributed by atoms with Crippen molar-refractivity contribution in [3.05, 3.63) is 29.8 Å². The molecule has 4 heteroatoms. The highest BCUT2D eigenvalue weighted by Crippen LogP contribution is 2.30. The zero-order valence-corrected chi connectivity index (χ0v) is 9.48. The Labute approximate surface area is 99.6 Å². The average Bonchev–Trinajstić information content (AvgIpc) is 2.53. The van der Waals surface area contributed by atoms with Crippen molar-refractivity contribution in [2.45, 2.75) is 25.3 Å². The van der Waals surface area contributed by atoms with Crippen LogP contribution in [0.3, 0.4) is 0 Å². The van der Waals surface area contributed by atoms with Crippen molar-refractivity contribution in [1.29, 1.82) is 0 Å². The number of amides is 2. The molecule has 2 aliphatic rings. The van der Waals surface area contributed by atoms with Gasteiger partial charge in [-0.1, -0.05) is 18.2 Å². The van der Waals surface area contributed by atoms with Crippen molar-refractivity contribution in [3.8, 4) is 0 Å². The number of carbonyl (C=O) groups is 2. The summed E-state index contributed by atoms with van der Waals surface area (Å²) in [4.78, 5) is 25.1. The second-order valence-corrected chi connectivity index (χ2v) is 4.56. The van der Waals surface area contributed by atoms with Gasteiger partial charge in [0.15, 0.2) is 0 Å². The van der Waals surface area contributed by atoms with Gasteiger partial charge in [0.2, 0.25) is 0 Å². The standard InChI is InChI=1S/C13H14N2O2/c16-12-13(17)15-10(8-14-12)6-3-5-9-4-1-2-7-11(9)15/h1-2,4,7,10H,3,5-6,8H2,(H,14,16)/t10-/m0/s1. The summed E-state index contributed by atoms with van der Waals surface area (Å²) in [7, 11) is 0. The van der Waals surface area contributed by atoms with Crippen LogP contribution in [0.1, 0.15) is 18.4 Å². The van der Waals surface area contributed by atoms with Crippen LogP contribution in [0, 0.1) is 0 Å². The van der Waals surface area contributed by atoms with Crippen LogP contribution >= 0.6 is 0 Å². The lowest BCUT2D eigenvalue weighted by Crippen LogP contribution is -2.58. The molecule has 0 spiro atoms. The molecule has 0 saturated carbocycles. The Hall–Kier alpha value is -1.84. The molecule has 3 rings (SSSR count). The first-order valence-electron chi connectivity index (χ1n) is 5.96. The van der Waals surface area contributed by atoms with Gasteiger partial charge in [-0.2, -0.15) is 0 Å². The van der Waals surface area contributed by atoms with Crippen molar-refractivity contribution < 1.29 is 9.59 Å². The molecule has 1 aromatic carbocycles. The summed E-state index contributed by atoms with van der Waals surface area (Å²) in [5.41, 5.74) is 2.08. The number of fused-ring (bicyclic) bond motifs is 3. The Morgan fingerprint density at radius 2 is 2.06 bits per heavy atom. The second kappa shape index (κ2) is 3.87. The smallest absolute Gasteiger partial charge is 0.316 e. The molecule has 1 saturated heterocycles. The predicted octanol–water partition coefficient (Wildman–Crippen LogP) is 0.854. The van der Waals surface area contributed by atoms with Gasteiger partial charge in [0.25, 0.3) is 0 Å². The molecule has 0 radical (unpaired) electrons. The third kappa shape index (κ3) is 1.60. The van der Waals surface area contributed by atoms with Gasteiger partial charge in [-0.05, 0) is 30.9 Å². The van der Waals surface area contributed by atoms with Crippen molar-refractivity contribution in [1.82, 2.24) is 5.32 Å². The average molecular weight is 230 g/mol. The highest BCUT2D eigenvalue weighted by atomic mass is 16.2. The number of benzene rings is 1. The van der Waals surface area contributed by atoms with E-state index in [1.807, 2.05) is 24.3 Å². The first-order chi connectivity index (χ1) is 8.27. The molecule has 2 amide bonds. The van der Waals surface area contributed by atoms with Crippen LogP contribution in [0.5, 0.6) is 0 Å². The highest BCUT2D eigenvalue weighted by Gasteiger charge is 2.36. The number of carbonyl (C=O) groups excluding carboxylic acids is 2. The number of nitrogens with one attached hydrogen (secondary N) is 1. The highest BCUT2D eigenvalue weighted by molar-refractivity contribution is 6.41. The maximum Gasteiger partial charge on any atom is 0.316 e. The van der Waals surface area contributed by atoms with Gasteiger partial charge in [0, 0.05) is 12.2 Å². The SMILES string of the molecule is O=C1NC[C@@H]2CCCc3ccccc3N2C1=O. The fourth-order valence-electron chi connectivity index (χ4n) is 2.68. The van der Waals surface area contributed by atoms with E-state index in [0.717, 1.165) is 30.5 Å². The van der Waals surface area contributed by atoms with Crippen molar-refractivity contribution in [2.24, 2.45) is 0 Å². The zero-order chi connectivity index (χ0) is 11.8. The van der Waals surface area contributed by atoms with Gasteiger partial charge in [-0.15, -0.1) is 0 Å². The zero-order valence-electron chi connectivity index (χ0n) is 9.48. The molecule has 2 aliphatic heterocycles. The molecular weight excluding hydrogens is 216 g/mol. The minimum Gasteiger partial charge on any atom is -0.346 e. The molecule has 0 aromatic heterocycles. The Balaban J connectivity index is 2.09. The molecule has 17 heavy (non-hydrogen) atoms. The number of para-hydroxylation sites is 1. The Kier molecular flexibility index (Phi) is 2.35. The summed E-state index contributed by atoms with van der Waals surface area (Å²) >= 11 is 0. The van der Waals surface area contributed by atoms with E-state index in [-0.39, 0.29) is 6.04 Å². The van der Waals surface area contributed by atoms with Crippen LogP contribution in [0.15, 0.2) is 24.3 Å².